The summed E-state index contributed by atoms with van der Waals surface area (Å²) in [6, 6.07) is 10.1. The zero-order chi connectivity index (χ0) is 42.1. The maximum absolute atomic E-state index is 14.3. The van der Waals surface area contributed by atoms with E-state index >= 15 is 0 Å². The number of Topliss-reactive ketones (excluding diaryl/α,β-unsaturated/α-hetero) is 1. The third-order valence-corrected chi connectivity index (χ3v) is 17.0. The van der Waals surface area contributed by atoms with Crippen molar-refractivity contribution in [3.63, 3.8) is 0 Å². The van der Waals surface area contributed by atoms with E-state index in [2.05, 4.69) is 65.5 Å². The summed E-state index contributed by atoms with van der Waals surface area (Å²) in [6.07, 6.45) is 6.60. The van der Waals surface area contributed by atoms with E-state index in [0.29, 0.717) is 31.3 Å². The molecule has 2 unspecified atom stereocenters. The molecule has 0 aromatic heterocycles. The number of ketones is 1. The molecule has 1 aromatic rings. The summed E-state index contributed by atoms with van der Waals surface area (Å²) in [5, 5.41) is 22.3. The summed E-state index contributed by atoms with van der Waals surface area (Å²) in [5.74, 6) is -0.238. The Balaban J connectivity index is 1.30. The lowest BCUT2D eigenvalue weighted by Gasteiger charge is -2.72. The maximum Gasteiger partial charge on any atom is 0.309 e. The minimum absolute atomic E-state index is 0.00157. The number of carbonyl (C=O) groups excluding carboxylic acids is 3. The second-order valence-corrected chi connectivity index (χ2v) is 21.5. The number of aliphatic carboxylic acids is 1. The summed E-state index contributed by atoms with van der Waals surface area (Å²) < 4.78 is 6.18. The van der Waals surface area contributed by atoms with Gasteiger partial charge in [0, 0.05) is 44.4 Å². The summed E-state index contributed by atoms with van der Waals surface area (Å²) in [7, 11) is 3.53. The second kappa shape index (κ2) is 15.2. The molecule has 316 valence electrons. The highest BCUT2D eigenvalue weighted by molar-refractivity contribution is 6.00. The number of esters is 1. The normalized spacial score (nSPS) is 35.2. The van der Waals surface area contributed by atoms with Crippen molar-refractivity contribution in [2.24, 2.45) is 56.2 Å². The van der Waals surface area contributed by atoms with Crippen molar-refractivity contribution < 1.29 is 34.1 Å². The van der Waals surface area contributed by atoms with Gasteiger partial charge in [-0.1, -0.05) is 84.4 Å². The van der Waals surface area contributed by atoms with Gasteiger partial charge in [-0.3, -0.25) is 24.1 Å². The highest BCUT2D eigenvalue weighted by atomic mass is 16.5. The van der Waals surface area contributed by atoms with Gasteiger partial charge in [0.15, 0.2) is 5.78 Å². The van der Waals surface area contributed by atoms with Crippen molar-refractivity contribution >= 4 is 23.6 Å². The van der Waals surface area contributed by atoms with Crippen LogP contribution in [0, 0.1) is 56.2 Å². The molecule has 2 N–H and O–H groups in total. The second-order valence-electron chi connectivity index (χ2n) is 21.5. The number of aliphatic hydroxyl groups excluding tert-OH is 1. The van der Waals surface area contributed by atoms with Crippen LogP contribution in [0.5, 0.6) is 0 Å². The van der Waals surface area contributed by atoms with Gasteiger partial charge in [-0.25, -0.2) is 0 Å². The SMILES string of the molecule is CC(C)C1=C2[C@H]3CC[C@@H]4[C@@]5(C)CC[C@H](OC(=O)CC(C)(C)C(=O)O)C(C)(C)[C@@H]5CC[C@@]4(C)[C@]3(C)CCC2(C(O)CN(CC(=O)N(C)C)Cc2ccccc2)CC1=O. The molecule has 1 aromatic carbocycles. The van der Waals surface area contributed by atoms with Gasteiger partial charge in [0.1, 0.15) is 6.10 Å². The molecule has 6 rings (SSSR count). The molecule has 5 aliphatic rings. The summed E-state index contributed by atoms with van der Waals surface area (Å²) in [4.78, 5) is 56.0. The highest BCUT2D eigenvalue weighted by Crippen LogP contribution is 2.77. The Bertz CT molecular complexity index is 1770. The molecule has 4 saturated carbocycles. The quantitative estimate of drug-likeness (QED) is 0.203. The fourth-order valence-corrected chi connectivity index (χ4v) is 13.7. The lowest BCUT2D eigenvalue weighted by atomic mass is 9.33. The van der Waals surface area contributed by atoms with Crippen LogP contribution >= 0.6 is 0 Å². The number of rotatable bonds is 12. The molecule has 5 aliphatic carbocycles. The molecule has 9 nitrogen and oxygen atoms in total. The number of hydrogen-bond acceptors (Lipinski definition) is 7. The number of aliphatic hydroxyl groups is 1. The first kappa shape index (κ1) is 43.5. The molecule has 9 atom stereocenters. The van der Waals surface area contributed by atoms with Crippen molar-refractivity contribution in [3.8, 4) is 0 Å². The van der Waals surface area contributed by atoms with Crippen LogP contribution in [-0.2, 0) is 30.5 Å². The molecular formula is C48H72N2O7. The lowest BCUT2D eigenvalue weighted by molar-refractivity contribution is -0.235. The van der Waals surface area contributed by atoms with Crippen LogP contribution in [0.4, 0.5) is 0 Å². The molecule has 0 spiro atoms. The number of likely N-dealkylation sites (N-methyl/N-ethyl adjacent to an activating group) is 1. The Kier molecular flexibility index (Phi) is 11.6. The Hall–Kier alpha value is -3.04. The number of amides is 1. The number of allylic oxidation sites excluding steroid dienone is 1. The monoisotopic (exact) mass is 789 g/mol. The average molecular weight is 789 g/mol. The Morgan fingerprint density at radius 1 is 0.895 bits per heavy atom. The predicted octanol–water partition coefficient (Wildman–Crippen LogP) is 8.33. The van der Waals surface area contributed by atoms with E-state index < -0.39 is 28.9 Å². The van der Waals surface area contributed by atoms with Gasteiger partial charge in [0.25, 0.3) is 0 Å². The van der Waals surface area contributed by atoms with E-state index in [4.69, 9.17) is 4.74 Å². The highest BCUT2D eigenvalue weighted by Gasteiger charge is 2.71. The van der Waals surface area contributed by atoms with Gasteiger partial charge in [0.2, 0.25) is 5.91 Å². The number of hydrogen-bond donors (Lipinski definition) is 2. The van der Waals surface area contributed by atoms with Crippen molar-refractivity contribution in [2.45, 2.75) is 145 Å². The molecule has 57 heavy (non-hydrogen) atoms. The van der Waals surface area contributed by atoms with Gasteiger partial charge >= 0.3 is 11.9 Å². The number of carboxylic acid groups (broad SMARTS) is 1. The van der Waals surface area contributed by atoms with E-state index in [1.54, 1.807) is 32.8 Å². The van der Waals surface area contributed by atoms with E-state index in [0.717, 1.165) is 62.5 Å². The van der Waals surface area contributed by atoms with E-state index in [9.17, 15) is 29.4 Å². The summed E-state index contributed by atoms with van der Waals surface area (Å²) in [6.45, 7) is 20.6. The molecule has 0 saturated heterocycles. The van der Waals surface area contributed by atoms with Crippen LogP contribution < -0.4 is 0 Å². The van der Waals surface area contributed by atoms with Gasteiger partial charge in [-0.2, -0.15) is 0 Å². The minimum atomic E-state index is -1.18. The van der Waals surface area contributed by atoms with Gasteiger partial charge in [-0.05, 0) is 116 Å². The first-order valence-electron chi connectivity index (χ1n) is 21.8. The summed E-state index contributed by atoms with van der Waals surface area (Å²) in [5.41, 5.74) is 1.11. The van der Waals surface area contributed by atoms with Gasteiger partial charge in [0.05, 0.1) is 24.5 Å². The zero-order valence-corrected chi connectivity index (χ0v) is 36.9. The number of fused-ring (bicyclic) bond motifs is 7. The summed E-state index contributed by atoms with van der Waals surface area (Å²) >= 11 is 0. The Morgan fingerprint density at radius 2 is 1.56 bits per heavy atom. The van der Waals surface area contributed by atoms with E-state index in [1.807, 2.05) is 18.2 Å². The molecule has 9 heteroatoms. The zero-order valence-electron chi connectivity index (χ0n) is 36.9. The van der Waals surface area contributed by atoms with Crippen LogP contribution in [0.3, 0.4) is 0 Å². The average Bonchev–Trinajstić information content (AvgIpc) is 3.43. The molecule has 0 radical (unpaired) electrons. The van der Waals surface area contributed by atoms with Crippen molar-refractivity contribution in [3.05, 3.63) is 47.0 Å². The molecular weight excluding hydrogens is 717 g/mol. The van der Waals surface area contributed by atoms with Gasteiger partial charge < -0.3 is 19.8 Å². The van der Waals surface area contributed by atoms with Crippen molar-refractivity contribution in [2.75, 3.05) is 27.2 Å². The number of benzene rings is 1. The third-order valence-electron chi connectivity index (χ3n) is 17.0. The van der Waals surface area contributed by atoms with Gasteiger partial charge in [-0.15, -0.1) is 0 Å². The molecule has 1 amide bonds. The van der Waals surface area contributed by atoms with Crippen LogP contribution in [0.25, 0.3) is 0 Å². The predicted molar refractivity (Wildman–Crippen MR) is 222 cm³/mol. The van der Waals surface area contributed by atoms with E-state index in [1.165, 1.54) is 5.57 Å². The third kappa shape index (κ3) is 7.23. The van der Waals surface area contributed by atoms with Crippen LogP contribution in [0.1, 0.15) is 132 Å². The fraction of sp³-hybridized carbons (Fsp3) is 0.750. The Morgan fingerprint density at radius 3 is 2.18 bits per heavy atom. The molecule has 0 bridgehead atoms. The number of carbonyl (C=O) groups is 4. The first-order chi connectivity index (χ1) is 26.4. The molecule has 4 fully saturated rings. The van der Waals surface area contributed by atoms with Crippen LogP contribution in [0.2, 0.25) is 0 Å². The number of nitrogens with zero attached hydrogens (tertiary/aromatic N) is 2. The lowest BCUT2D eigenvalue weighted by Crippen LogP contribution is -2.66. The largest absolute Gasteiger partial charge is 0.481 e. The number of carboxylic acids is 1. The molecule has 0 aliphatic heterocycles. The minimum Gasteiger partial charge on any atom is -0.481 e. The topological polar surface area (TPSA) is 124 Å². The van der Waals surface area contributed by atoms with E-state index in [-0.39, 0.29) is 64.3 Å². The van der Waals surface area contributed by atoms with Crippen molar-refractivity contribution in [1.29, 1.82) is 0 Å². The van der Waals surface area contributed by atoms with Crippen LogP contribution in [-0.4, -0.2) is 83.0 Å². The smallest absolute Gasteiger partial charge is 0.309 e. The van der Waals surface area contributed by atoms with Crippen LogP contribution in [0.15, 0.2) is 41.5 Å². The molecule has 0 heterocycles. The first-order valence-corrected chi connectivity index (χ1v) is 21.8. The number of ether oxygens (including phenoxy) is 1. The maximum atomic E-state index is 14.3. The van der Waals surface area contributed by atoms with Crippen molar-refractivity contribution in [1.82, 2.24) is 9.80 Å². The standard InChI is InChI=1S/C48H72N2O7/c1-30(2)40-33(51)25-48(36(52)28-50(29-38(53)49(10)11)27-31-15-13-12-14-16-31)24-23-46(8)32(41(40)48)17-18-35-45(7)21-20-37(57-39(54)26-43(3,4)42(55)56)44(5,6)34(45)19-22-47(35,46)9/h12-16,30,32,34-37,52H,17-29H2,1-11H3,(H,55,56)/t32-,34+,35-,36?,37+,45+,46-,47-,48?/m1/s1. The fourth-order valence-electron chi connectivity index (χ4n) is 13.7. The Labute approximate surface area is 342 Å².